The third-order valence-electron chi connectivity index (χ3n) is 15.3. The number of carbonyl (C=O) groups excluding carboxylic acids is 13. The van der Waals surface area contributed by atoms with Crippen LogP contribution < -0.4 is 81.4 Å². The van der Waals surface area contributed by atoms with Crippen LogP contribution in [0.1, 0.15) is 75.5 Å². The first kappa shape index (κ1) is 77.4. The molecule has 0 bridgehead atoms. The number of nitrogens with two attached hydrogens (primary N) is 4. The summed E-state index contributed by atoms with van der Waals surface area (Å²) in [5, 5.41) is 78.0. The molecule has 36 heteroatoms. The Labute approximate surface area is 559 Å². The minimum Gasteiger partial charge on any atom is -0.508 e. The maximum atomic E-state index is 14.5. The van der Waals surface area contributed by atoms with Gasteiger partial charge in [-0.2, -0.15) is 0 Å². The van der Waals surface area contributed by atoms with Crippen LogP contribution in [0, 0.1) is 0 Å². The second-order valence-electron chi connectivity index (χ2n) is 23.1. The van der Waals surface area contributed by atoms with Gasteiger partial charge >= 0.3 is 5.97 Å². The van der Waals surface area contributed by atoms with Gasteiger partial charge in [0.15, 0.2) is 5.96 Å². The number of carboxylic acids is 1. The van der Waals surface area contributed by atoms with Crippen LogP contribution in [0.15, 0.2) is 90.1 Å². The third-order valence-corrected chi connectivity index (χ3v) is 15.3. The zero-order valence-electron chi connectivity index (χ0n) is 53.4. The number of carboxylic acid groups (broad SMARTS) is 1. The second-order valence-corrected chi connectivity index (χ2v) is 23.1. The van der Waals surface area contributed by atoms with Gasteiger partial charge in [0, 0.05) is 55.7 Å². The fourth-order valence-electron chi connectivity index (χ4n) is 10.1. The van der Waals surface area contributed by atoms with E-state index in [0.717, 1.165) is 6.92 Å². The van der Waals surface area contributed by atoms with Crippen LogP contribution >= 0.6 is 0 Å². The van der Waals surface area contributed by atoms with E-state index < -0.39 is 194 Å². The Bertz CT molecular complexity index is 3550. The van der Waals surface area contributed by atoms with Crippen molar-refractivity contribution in [3.8, 4) is 5.75 Å². The quantitative estimate of drug-likeness (QED) is 0.0112. The predicted octanol–water partition coefficient (Wildman–Crippen LogP) is -7.31. The number of aliphatic carboxylic acids is 1. The number of hydrogen-bond donors (Lipinski definition) is 21. The molecule has 3 aromatic carbocycles. The lowest BCUT2D eigenvalue weighted by molar-refractivity contribution is -0.141. The molecule has 5 rings (SSSR count). The number of aliphatic hydroxyl groups is 3. The molecule has 2 heterocycles. The highest BCUT2D eigenvalue weighted by molar-refractivity contribution is 6.00. The molecule has 4 aromatic rings. The molecule has 1 aromatic heterocycles. The number of aromatic hydroxyl groups is 1. The van der Waals surface area contributed by atoms with Crippen molar-refractivity contribution in [2.24, 2.45) is 27.9 Å². The van der Waals surface area contributed by atoms with Gasteiger partial charge in [-0.1, -0.05) is 60.7 Å². The summed E-state index contributed by atoms with van der Waals surface area (Å²) in [5.74, 6) is -15.4. The van der Waals surface area contributed by atoms with Crippen LogP contribution in [0.5, 0.6) is 5.75 Å². The molecule has 25 N–H and O–H groups in total. The van der Waals surface area contributed by atoms with Crippen LogP contribution in [0.2, 0.25) is 0 Å². The minimum absolute atomic E-state index is 0.0173. The molecule has 12 atom stereocenters. The number of aromatic nitrogens is 1. The molecule has 98 heavy (non-hydrogen) atoms. The molecule has 0 saturated carbocycles. The van der Waals surface area contributed by atoms with E-state index in [1.807, 2.05) is 0 Å². The highest BCUT2D eigenvalue weighted by Crippen LogP contribution is 2.20. The number of guanidine groups is 1. The molecule has 0 aliphatic carbocycles. The Morgan fingerprint density at radius 1 is 0.582 bits per heavy atom. The van der Waals surface area contributed by atoms with Gasteiger partial charge in [0.1, 0.15) is 66.2 Å². The van der Waals surface area contributed by atoms with Crippen LogP contribution in [-0.4, -0.2) is 212 Å². The van der Waals surface area contributed by atoms with Gasteiger partial charge in [-0.3, -0.25) is 72.1 Å². The summed E-state index contributed by atoms with van der Waals surface area (Å²) < 4.78 is 0. The number of benzene rings is 3. The number of carbonyl (C=O) groups is 14. The van der Waals surface area contributed by atoms with Crippen LogP contribution in [0.4, 0.5) is 0 Å². The van der Waals surface area contributed by atoms with Crippen LogP contribution in [0.3, 0.4) is 0 Å². The van der Waals surface area contributed by atoms with E-state index in [9.17, 15) is 92.7 Å². The molecule has 0 unspecified atom stereocenters. The second kappa shape index (κ2) is 37.7. The zero-order valence-corrected chi connectivity index (χ0v) is 53.4. The van der Waals surface area contributed by atoms with Crippen molar-refractivity contribution in [1.82, 2.24) is 63.5 Å². The first-order valence-corrected chi connectivity index (χ1v) is 30.9. The topological polar surface area (TPSA) is 605 Å². The molecule has 1 saturated heterocycles. The Hall–Kier alpha value is -11.3. The maximum absolute atomic E-state index is 14.5. The summed E-state index contributed by atoms with van der Waals surface area (Å²) in [6, 6.07) is 3.87. The zero-order chi connectivity index (χ0) is 72.3. The third kappa shape index (κ3) is 24.8. The average Bonchev–Trinajstić information content (AvgIpc) is 1.60. The number of amides is 13. The number of fused-ring (bicyclic) bond motifs is 1. The Morgan fingerprint density at radius 2 is 1.09 bits per heavy atom. The summed E-state index contributed by atoms with van der Waals surface area (Å²) in [7, 11) is 0. The number of hydrogen-bond acceptors (Lipinski definition) is 19. The van der Waals surface area contributed by atoms with Crippen molar-refractivity contribution in [3.63, 3.8) is 0 Å². The number of para-hydroxylation sites is 1. The van der Waals surface area contributed by atoms with E-state index in [-0.39, 0.29) is 56.8 Å². The normalized spacial score (nSPS) is 15.9. The van der Waals surface area contributed by atoms with E-state index in [1.54, 1.807) is 54.6 Å². The maximum Gasteiger partial charge on any atom is 0.305 e. The van der Waals surface area contributed by atoms with Gasteiger partial charge in [-0.15, -0.1) is 0 Å². The summed E-state index contributed by atoms with van der Waals surface area (Å²) in [4.78, 5) is 194. The molecular weight excluding hydrogens is 1290 g/mol. The average molecular weight is 1370 g/mol. The summed E-state index contributed by atoms with van der Waals surface area (Å²) in [6.45, 7) is 0.137. The fourth-order valence-corrected chi connectivity index (χ4v) is 10.1. The van der Waals surface area contributed by atoms with Crippen molar-refractivity contribution in [2.45, 2.75) is 151 Å². The first-order valence-electron chi connectivity index (χ1n) is 30.9. The molecule has 0 radical (unpaired) electrons. The number of phenolic OH excluding ortho intramolecular Hbond substituents is 1. The Kier molecular flexibility index (Phi) is 29.8. The van der Waals surface area contributed by atoms with Crippen molar-refractivity contribution >= 4 is 99.6 Å². The molecule has 530 valence electrons. The van der Waals surface area contributed by atoms with Gasteiger partial charge in [0.05, 0.1) is 31.8 Å². The molecular formula is C62H83N17O19. The molecule has 1 aliphatic rings. The number of H-pyrrole nitrogens is 1. The van der Waals surface area contributed by atoms with Crippen LogP contribution in [-0.2, 0) is 86.4 Å². The van der Waals surface area contributed by atoms with Gasteiger partial charge in [0.25, 0.3) is 0 Å². The largest absolute Gasteiger partial charge is 0.508 e. The molecule has 0 spiro atoms. The number of nitrogens with one attached hydrogen (secondary N) is 12. The van der Waals surface area contributed by atoms with Crippen molar-refractivity contribution in [2.75, 3.05) is 19.7 Å². The van der Waals surface area contributed by atoms with Gasteiger partial charge in [0.2, 0.25) is 76.8 Å². The van der Waals surface area contributed by atoms with Crippen LogP contribution in [0.25, 0.3) is 10.9 Å². The number of phenols is 1. The SMILES string of the molecule is C[C@@H](O)[C@H](NC(=O)[C@H](Cc1c[nH]c2ccccc12)NC(=O)CNC(=O)[C@H](CCCN=C(N)N)NC(=O)[C@H](CO)NC(=O)[C@H](Cc1ccc(O)cc1)NC(=O)[C@H](CCC(N)=O)NC(=O)[C@H](Cc1ccccc1)NC(=O)[C@@H](NC(=O)[C@@H]1CCC(=O)N1)[C@@H](C)O)C(=O)N[C@@H](CC(=O)O)C(N)=O. The highest BCUT2D eigenvalue weighted by Gasteiger charge is 2.38. The van der Waals surface area contributed by atoms with Crippen molar-refractivity contribution < 1.29 is 92.7 Å². The number of aliphatic imine (C=N–C) groups is 1. The van der Waals surface area contributed by atoms with E-state index >= 15 is 0 Å². The lowest BCUT2D eigenvalue weighted by Crippen LogP contribution is -2.61. The molecule has 1 aliphatic heterocycles. The summed E-state index contributed by atoms with van der Waals surface area (Å²) >= 11 is 0. The van der Waals surface area contributed by atoms with Crippen molar-refractivity contribution in [3.05, 3.63) is 102 Å². The van der Waals surface area contributed by atoms with E-state index in [1.165, 1.54) is 37.4 Å². The number of aliphatic hydroxyl groups excluding tert-OH is 3. The number of nitrogens with zero attached hydrogens (tertiary/aromatic N) is 1. The predicted molar refractivity (Wildman–Crippen MR) is 346 cm³/mol. The summed E-state index contributed by atoms with van der Waals surface area (Å²) in [6.07, 6.45) is -4.76. The lowest BCUT2D eigenvalue weighted by atomic mass is 10.0. The number of rotatable bonds is 39. The molecule has 13 amide bonds. The lowest BCUT2D eigenvalue weighted by Gasteiger charge is -2.28. The standard InChI is InChI=1S/C62H83N17O19/c1-30(81)50(60(97)74-41(52(64)89)26-49(87)88)79-58(95)44(25-34-27-68-37-12-7-6-11-36(34)37)71-48(86)28-69-53(90)38(13-8-22-67-62(65)66)72-59(96)45(29-80)77-57(94)42(24-33-14-16-35(83)17-15-33)75-54(91)40(18-20-46(63)84)73-56(93)43(23-32-9-4-3-5-10-32)76-61(98)51(31(2)82)78-55(92)39-19-21-47(85)70-39/h3-7,9-12,14-17,27,30-31,38-45,50-51,68,80-83H,8,13,18-26,28-29H2,1-2H3,(H2,63,84)(H2,64,89)(H,69,90)(H,70,85)(H,71,86)(H,72,96)(H,73,93)(H,74,97)(H,75,91)(H,76,98)(H,77,94)(H,78,92)(H,79,95)(H,87,88)(H4,65,66,67)/t30-,31-,38+,39+,40+,41+,42+,43+,44+,45+,50+,51+/m1/s1. The summed E-state index contributed by atoms with van der Waals surface area (Å²) in [5.41, 5.74) is 23.6. The molecule has 1 fully saturated rings. The number of aromatic amines is 1. The fraction of sp³-hybridized carbons (Fsp3) is 0.435. The smallest absolute Gasteiger partial charge is 0.305 e. The van der Waals surface area contributed by atoms with Gasteiger partial charge < -0.3 is 112 Å². The Balaban J connectivity index is 1.36. The first-order chi connectivity index (χ1) is 46.4. The number of primary amides is 2. The van der Waals surface area contributed by atoms with Gasteiger partial charge in [-0.05, 0) is 74.4 Å². The van der Waals surface area contributed by atoms with Gasteiger partial charge in [-0.25, -0.2) is 0 Å². The minimum atomic E-state index is -1.92. The highest BCUT2D eigenvalue weighted by atomic mass is 16.4. The molecule has 36 nitrogen and oxygen atoms in total. The monoisotopic (exact) mass is 1370 g/mol. The Morgan fingerprint density at radius 3 is 1.65 bits per heavy atom. The van der Waals surface area contributed by atoms with E-state index in [0.29, 0.717) is 27.6 Å². The van der Waals surface area contributed by atoms with E-state index in [4.69, 9.17) is 22.9 Å². The van der Waals surface area contributed by atoms with E-state index in [2.05, 4.69) is 68.5 Å². The van der Waals surface area contributed by atoms with Crippen molar-refractivity contribution in [1.29, 1.82) is 0 Å².